The number of rotatable bonds is 5. The second-order valence-electron chi connectivity index (χ2n) is 4.63. The minimum Gasteiger partial charge on any atom is -0.496 e. The van der Waals surface area contributed by atoms with Crippen LogP contribution in [0.3, 0.4) is 0 Å². The van der Waals surface area contributed by atoms with Crippen LogP contribution in [-0.2, 0) is 4.79 Å². The summed E-state index contributed by atoms with van der Waals surface area (Å²) in [5.74, 6) is -0.797. The van der Waals surface area contributed by atoms with Crippen molar-refractivity contribution < 1.29 is 19.4 Å². The predicted octanol–water partition coefficient (Wildman–Crippen LogP) is 3.14. The van der Waals surface area contributed by atoms with Crippen molar-refractivity contribution in [3.63, 3.8) is 0 Å². The van der Waals surface area contributed by atoms with E-state index in [1.807, 2.05) is 0 Å². The number of carbonyl (C=O) groups excluding carboxylic acids is 1. The molecule has 0 amide bonds. The van der Waals surface area contributed by atoms with Gasteiger partial charge in [0.05, 0.1) is 18.1 Å². The Balaban J connectivity index is 3.04. The highest BCUT2D eigenvalue weighted by Gasteiger charge is 2.31. The Bertz CT molecular complexity index is 480. The second-order valence-corrected chi connectivity index (χ2v) is 5.55. The number of hydrogen-bond acceptors (Lipinski definition) is 3. The van der Waals surface area contributed by atoms with Crippen molar-refractivity contribution in [1.29, 1.82) is 0 Å². The van der Waals surface area contributed by atoms with E-state index in [4.69, 9.17) is 9.84 Å². The van der Waals surface area contributed by atoms with E-state index in [1.54, 1.807) is 18.2 Å². The summed E-state index contributed by atoms with van der Waals surface area (Å²) >= 11 is 3.28. The zero-order valence-corrected chi connectivity index (χ0v) is 12.1. The van der Waals surface area contributed by atoms with Crippen molar-refractivity contribution in [3.8, 4) is 5.75 Å². The molecule has 0 fully saturated rings. The van der Waals surface area contributed by atoms with Crippen LogP contribution in [0.25, 0.3) is 0 Å². The van der Waals surface area contributed by atoms with E-state index in [1.165, 1.54) is 21.0 Å². The second kappa shape index (κ2) is 5.52. The van der Waals surface area contributed by atoms with Crippen LogP contribution < -0.4 is 4.74 Å². The van der Waals surface area contributed by atoms with Gasteiger partial charge in [-0.05, 0) is 32.0 Å². The zero-order chi connectivity index (χ0) is 13.9. The van der Waals surface area contributed by atoms with E-state index in [0.717, 1.165) is 4.47 Å². The molecule has 18 heavy (non-hydrogen) atoms. The van der Waals surface area contributed by atoms with Gasteiger partial charge < -0.3 is 9.84 Å². The van der Waals surface area contributed by atoms with Gasteiger partial charge in [-0.3, -0.25) is 9.59 Å². The Hall–Kier alpha value is -1.36. The van der Waals surface area contributed by atoms with Crippen molar-refractivity contribution in [1.82, 2.24) is 0 Å². The summed E-state index contributed by atoms with van der Waals surface area (Å²) in [6, 6.07) is 5.07. The molecule has 1 aromatic carbocycles. The number of methoxy groups -OCH3 is 1. The molecule has 0 saturated heterocycles. The molecule has 0 heterocycles. The molecule has 0 aliphatic rings. The molecule has 0 bridgehead atoms. The first-order valence-corrected chi connectivity index (χ1v) is 6.17. The van der Waals surface area contributed by atoms with Gasteiger partial charge in [0.1, 0.15) is 5.75 Å². The molecular formula is C13H15BrO4. The molecule has 1 rings (SSSR count). The van der Waals surface area contributed by atoms with Crippen LogP contribution in [0.15, 0.2) is 22.7 Å². The number of Topliss-reactive ketones (excluding diaryl/α,β-unsaturated/α-hetero) is 1. The number of carboxylic acids is 1. The minimum atomic E-state index is -1.09. The maximum atomic E-state index is 12.1. The van der Waals surface area contributed by atoms with Crippen LogP contribution in [0, 0.1) is 5.41 Å². The lowest BCUT2D eigenvalue weighted by atomic mass is 9.85. The zero-order valence-electron chi connectivity index (χ0n) is 10.5. The van der Waals surface area contributed by atoms with Gasteiger partial charge in [0, 0.05) is 10.9 Å². The molecule has 0 aliphatic carbocycles. The first kappa shape index (κ1) is 14.7. The lowest BCUT2D eigenvalue weighted by molar-refractivity contribution is -0.146. The fourth-order valence-electron chi connectivity index (χ4n) is 1.47. The van der Waals surface area contributed by atoms with Crippen LogP contribution in [0.1, 0.15) is 30.6 Å². The molecule has 4 nitrogen and oxygen atoms in total. The molecule has 0 aromatic heterocycles. The first-order valence-electron chi connectivity index (χ1n) is 5.38. The first-order chi connectivity index (χ1) is 8.27. The van der Waals surface area contributed by atoms with Crippen LogP contribution in [0.2, 0.25) is 0 Å². The third-order valence-electron chi connectivity index (χ3n) is 2.64. The van der Waals surface area contributed by atoms with Crippen LogP contribution in [0.5, 0.6) is 5.75 Å². The van der Waals surface area contributed by atoms with Gasteiger partial charge in [0.2, 0.25) is 0 Å². The third-order valence-corrected chi connectivity index (χ3v) is 3.14. The van der Waals surface area contributed by atoms with Crippen molar-refractivity contribution in [2.45, 2.75) is 20.3 Å². The summed E-state index contributed by atoms with van der Waals surface area (Å²) in [4.78, 5) is 23.1. The lowest BCUT2D eigenvalue weighted by Crippen LogP contribution is -2.27. The average molecular weight is 315 g/mol. The summed E-state index contributed by atoms with van der Waals surface area (Å²) in [6.45, 7) is 3.05. The number of carboxylic acid groups (broad SMARTS) is 1. The van der Waals surface area contributed by atoms with E-state index in [-0.39, 0.29) is 12.2 Å². The largest absolute Gasteiger partial charge is 0.496 e. The summed E-state index contributed by atoms with van der Waals surface area (Å²) in [7, 11) is 1.47. The number of ether oxygens (including phenoxy) is 1. The molecule has 1 N–H and O–H groups in total. The molecule has 0 saturated carbocycles. The van der Waals surface area contributed by atoms with Gasteiger partial charge in [0.15, 0.2) is 5.78 Å². The van der Waals surface area contributed by atoms with Gasteiger partial charge in [-0.15, -0.1) is 0 Å². The van der Waals surface area contributed by atoms with Crippen LogP contribution in [0.4, 0.5) is 0 Å². The SMILES string of the molecule is COc1ccc(Br)cc1C(=O)CC(C)(C)C(=O)O. The molecule has 0 aliphatic heterocycles. The molecule has 1 aromatic rings. The third kappa shape index (κ3) is 3.32. The molecular weight excluding hydrogens is 300 g/mol. The standard InChI is InChI=1S/C13H15BrO4/c1-13(2,12(16)17)7-10(15)9-6-8(14)4-5-11(9)18-3/h4-6H,7H2,1-3H3,(H,16,17). The number of benzene rings is 1. The number of aliphatic carboxylic acids is 1. The Morgan fingerprint density at radius 2 is 2.00 bits per heavy atom. The van der Waals surface area contributed by atoms with Gasteiger partial charge in [0.25, 0.3) is 0 Å². The summed E-state index contributed by atoms with van der Waals surface area (Å²) < 4.78 is 5.86. The van der Waals surface area contributed by atoms with Gasteiger partial charge in [-0.2, -0.15) is 0 Å². The highest BCUT2D eigenvalue weighted by Crippen LogP contribution is 2.29. The summed E-state index contributed by atoms with van der Waals surface area (Å²) in [5, 5.41) is 9.03. The Morgan fingerprint density at radius 3 is 2.50 bits per heavy atom. The van der Waals surface area contributed by atoms with Crippen molar-refractivity contribution in [2.75, 3.05) is 7.11 Å². The molecule has 0 atom stereocenters. The van der Waals surface area contributed by atoms with E-state index >= 15 is 0 Å². The normalized spacial score (nSPS) is 11.1. The molecule has 0 radical (unpaired) electrons. The average Bonchev–Trinajstić information content (AvgIpc) is 2.28. The van der Waals surface area contributed by atoms with Crippen molar-refractivity contribution >= 4 is 27.7 Å². The van der Waals surface area contributed by atoms with Gasteiger partial charge >= 0.3 is 5.97 Å². The molecule has 0 spiro atoms. The van der Waals surface area contributed by atoms with Gasteiger partial charge in [-0.1, -0.05) is 15.9 Å². The number of ketones is 1. The van der Waals surface area contributed by atoms with Crippen molar-refractivity contribution in [3.05, 3.63) is 28.2 Å². The predicted molar refractivity (Wildman–Crippen MR) is 71.1 cm³/mol. The molecule has 0 unspecified atom stereocenters. The maximum Gasteiger partial charge on any atom is 0.309 e. The van der Waals surface area contributed by atoms with E-state index in [2.05, 4.69) is 15.9 Å². The summed E-state index contributed by atoms with van der Waals surface area (Å²) in [5.41, 5.74) is -0.703. The number of halogens is 1. The lowest BCUT2D eigenvalue weighted by Gasteiger charge is -2.18. The Kier molecular flexibility index (Phi) is 4.51. The topological polar surface area (TPSA) is 63.6 Å². The highest BCUT2D eigenvalue weighted by atomic mass is 79.9. The Labute approximate surface area is 114 Å². The van der Waals surface area contributed by atoms with E-state index in [9.17, 15) is 9.59 Å². The number of hydrogen-bond donors (Lipinski definition) is 1. The fourth-order valence-corrected chi connectivity index (χ4v) is 1.83. The quantitative estimate of drug-likeness (QED) is 0.848. The van der Waals surface area contributed by atoms with Crippen LogP contribution in [-0.4, -0.2) is 24.0 Å². The van der Waals surface area contributed by atoms with E-state index in [0.29, 0.717) is 11.3 Å². The minimum absolute atomic E-state index is 0.0743. The number of carbonyl (C=O) groups is 2. The van der Waals surface area contributed by atoms with Crippen LogP contribution >= 0.6 is 15.9 Å². The smallest absolute Gasteiger partial charge is 0.309 e. The fraction of sp³-hybridized carbons (Fsp3) is 0.385. The Morgan fingerprint density at radius 1 is 1.39 bits per heavy atom. The monoisotopic (exact) mass is 314 g/mol. The van der Waals surface area contributed by atoms with Gasteiger partial charge in [-0.25, -0.2) is 0 Å². The highest BCUT2D eigenvalue weighted by molar-refractivity contribution is 9.10. The molecule has 98 valence electrons. The van der Waals surface area contributed by atoms with E-state index < -0.39 is 11.4 Å². The maximum absolute atomic E-state index is 12.1. The summed E-state index contributed by atoms with van der Waals surface area (Å²) in [6.07, 6.45) is -0.0743. The molecule has 5 heteroatoms. The van der Waals surface area contributed by atoms with Crippen molar-refractivity contribution in [2.24, 2.45) is 5.41 Å².